The molecule has 28 heavy (non-hydrogen) atoms. The number of benzene rings is 3. The van der Waals surface area contributed by atoms with E-state index < -0.39 is 29.5 Å². The summed E-state index contributed by atoms with van der Waals surface area (Å²) in [6, 6.07) is 13.2. The molecule has 4 heteroatoms. The van der Waals surface area contributed by atoms with Crippen molar-refractivity contribution in [1.82, 2.24) is 0 Å². The van der Waals surface area contributed by atoms with Crippen molar-refractivity contribution in [2.45, 2.75) is 26.2 Å². The van der Waals surface area contributed by atoms with Crippen molar-refractivity contribution < 1.29 is 17.6 Å². The molecule has 0 bridgehead atoms. The summed E-state index contributed by atoms with van der Waals surface area (Å²) >= 11 is 0. The first-order valence-electron chi connectivity index (χ1n) is 8.86. The maximum atomic E-state index is 15.0. The van der Waals surface area contributed by atoms with Crippen molar-refractivity contribution in [2.24, 2.45) is 0 Å². The van der Waals surface area contributed by atoms with Crippen LogP contribution in [0, 0.1) is 37.3 Å². The average molecular weight is 380 g/mol. The summed E-state index contributed by atoms with van der Waals surface area (Å²) in [5, 5.41) is 0. The molecule has 140 valence electrons. The molecule has 0 atom stereocenters. The maximum absolute atomic E-state index is 15.0. The summed E-state index contributed by atoms with van der Waals surface area (Å²) < 4.78 is 59.0. The predicted octanol–water partition coefficient (Wildman–Crippen LogP) is 6.30. The smallest absolute Gasteiger partial charge is 0.206 e. The lowest BCUT2D eigenvalue weighted by Crippen LogP contribution is -2.26. The standard InChI is InChI=1S/C24H16F4/c1-14-3-6-16(7-4-14)8-9-17-10-12-19-18-11-5-15(2)22(25)20(18)13-24(27,28)21(19)23(17)26/h3-7,10-12H,13H2,1-2H3. The first-order chi connectivity index (χ1) is 13.3. The first-order valence-corrected chi connectivity index (χ1v) is 8.86. The van der Waals surface area contributed by atoms with Gasteiger partial charge in [-0.15, -0.1) is 0 Å². The van der Waals surface area contributed by atoms with Crippen LogP contribution in [0.5, 0.6) is 0 Å². The molecule has 0 amide bonds. The third kappa shape index (κ3) is 2.97. The van der Waals surface area contributed by atoms with Gasteiger partial charge in [0.05, 0.1) is 11.1 Å². The lowest BCUT2D eigenvalue weighted by Gasteiger charge is -2.29. The van der Waals surface area contributed by atoms with Crippen LogP contribution in [0.3, 0.4) is 0 Å². The van der Waals surface area contributed by atoms with E-state index in [1.165, 1.54) is 25.1 Å². The molecule has 0 fully saturated rings. The van der Waals surface area contributed by atoms with Crippen molar-refractivity contribution >= 4 is 0 Å². The summed E-state index contributed by atoms with van der Waals surface area (Å²) in [4.78, 5) is 0. The molecule has 0 saturated heterocycles. The van der Waals surface area contributed by atoms with E-state index in [9.17, 15) is 13.2 Å². The summed E-state index contributed by atoms with van der Waals surface area (Å²) in [5.41, 5.74) is 1.46. The zero-order chi connectivity index (χ0) is 20.1. The fourth-order valence-corrected chi connectivity index (χ4v) is 3.50. The van der Waals surface area contributed by atoms with E-state index in [-0.39, 0.29) is 16.7 Å². The van der Waals surface area contributed by atoms with Crippen LogP contribution in [0.4, 0.5) is 17.6 Å². The van der Waals surface area contributed by atoms with Gasteiger partial charge >= 0.3 is 0 Å². The maximum Gasteiger partial charge on any atom is 0.280 e. The van der Waals surface area contributed by atoms with Crippen LogP contribution in [-0.4, -0.2) is 0 Å². The zero-order valence-corrected chi connectivity index (χ0v) is 15.3. The topological polar surface area (TPSA) is 0 Å². The minimum atomic E-state index is -3.51. The van der Waals surface area contributed by atoms with Crippen molar-refractivity contribution in [3.05, 3.63) is 93.5 Å². The Kier molecular flexibility index (Phi) is 4.27. The minimum absolute atomic E-state index is 0.0172. The highest BCUT2D eigenvalue weighted by molar-refractivity contribution is 5.76. The van der Waals surface area contributed by atoms with Gasteiger partial charge < -0.3 is 0 Å². The molecule has 0 unspecified atom stereocenters. The lowest BCUT2D eigenvalue weighted by molar-refractivity contribution is -0.00918. The lowest BCUT2D eigenvalue weighted by atomic mass is 9.81. The Bertz CT molecular complexity index is 1150. The van der Waals surface area contributed by atoms with Crippen LogP contribution in [0.2, 0.25) is 0 Å². The van der Waals surface area contributed by atoms with Gasteiger partial charge in [-0.2, -0.15) is 0 Å². The van der Waals surface area contributed by atoms with E-state index in [2.05, 4.69) is 11.8 Å². The molecule has 0 spiro atoms. The van der Waals surface area contributed by atoms with Crippen LogP contribution in [0.25, 0.3) is 11.1 Å². The van der Waals surface area contributed by atoms with E-state index in [0.717, 1.165) is 5.56 Å². The van der Waals surface area contributed by atoms with Gasteiger partial charge in [0.1, 0.15) is 11.6 Å². The molecule has 0 nitrogen and oxygen atoms in total. The molecule has 3 aromatic rings. The molecule has 0 heterocycles. The Morgan fingerprint density at radius 2 is 1.46 bits per heavy atom. The molecular formula is C24H16F4. The second-order valence-corrected chi connectivity index (χ2v) is 7.07. The Labute approximate surface area is 160 Å². The van der Waals surface area contributed by atoms with Crippen LogP contribution >= 0.6 is 0 Å². The average Bonchev–Trinajstić information content (AvgIpc) is 2.65. The largest absolute Gasteiger partial charge is 0.280 e. The van der Waals surface area contributed by atoms with Gasteiger partial charge in [-0.25, -0.2) is 17.6 Å². The normalized spacial score (nSPS) is 13.9. The van der Waals surface area contributed by atoms with Gasteiger partial charge in [0.15, 0.2) is 0 Å². The number of rotatable bonds is 0. The predicted molar refractivity (Wildman–Crippen MR) is 101 cm³/mol. The summed E-state index contributed by atoms with van der Waals surface area (Å²) in [5.74, 6) is 0.233. The molecule has 3 aromatic carbocycles. The highest BCUT2D eigenvalue weighted by Gasteiger charge is 2.43. The second-order valence-electron chi connectivity index (χ2n) is 7.07. The highest BCUT2D eigenvalue weighted by atomic mass is 19.3. The van der Waals surface area contributed by atoms with E-state index >= 15 is 4.39 Å². The number of halogens is 4. The fourth-order valence-electron chi connectivity index (χ4n) is 3.50. The molecule has 0 aliphatic heterocycles. The Morgan fingerprint density at radius 1 is 0.786 bits per heavy atom. The monoisotopic (exact) mass is 380 g/mol. The number of fused-ring (bicyclic) bond motifs is 3. The first kappa shape index (κ1) is 18.3. The Morgan fingerprint density at radius 3 is 2.18 bits per heavy atom. The summed E-state index contributed by atoms with van der Waals surface area (Å²) in [6.45, 7) is 3.46. The van der Waals surface area contributed by atoms with Crippen LogP contribution in [-0.2, 0) is 12.3 Å². The van der Waals surface area contributed by atoms with Crippen molar-refractivity contribution in [2.75, 3.05) is 0 Å². The van der Waals surface area contributed by atoms with E-state index in [4.69, 9.17) is 0 Å². The van der Waals surface area contributed by atoms with Crippen LogP contribution in [0.1, 0.15) is 33.4 Å². The van der Waals surface area contributed by atoms with Crippen molar-refractivity contribution in [3.8, 4) is 23.0 Å². The van der Waals surface area contributed by atoms with E-state index in [1.807, 2.05) is 19.1 Å². The number of aryl methyl sites for hydroxylation is 2. The van der Waals surface area contributed by atoms with Crippen molar-refractivity contribution in [1.29, 1.82) is 0 Å². The van der Waals surface area contributed by atoms with Crippen LogP contribution < -0.4 is 0 Å². The summed E-state index contributed by atoms with van der Waals surface area (Å²) in [6.07, 6.45) is -0.866. The van der Waals surface area contributed by atoms with E-state index in [1.54, 1.807) is 18.2 Å². The molecule has 1 aliphatic carbocycles. The molecule has 0 saturated carbocycles. The third-order valence-corrected chi connectivity index (χ3v) is 5.03. The number of alkyl halides is 2. The quantitative estimate of drug-likeness (QED) is 0.317. The molecule has 1 aliphatic rings. The van der Waals surface area contributed by atoms with Gasteiger partial charge in [0.2, 0.25) is 0 Å². The summed E-state index contributed by atoms with van der Waals surface area (Å²) in [7, 11) is 0. The number of hydrogen-bond donors (Lipinski definition) is 0. The molecule has 0 radical (unpaired) electrons. The van der Waals surface area contributed by atoms with Gasteiger partial charge in [-0.3, -0.25) is 0 Å². The van der Waals surface area contributed by atoms with Crippen molar-refractivity contribution in [3.63, 3.8) is 0 Å². The fraction of sp³-hybridized carbons (Fsp3) is 0.167. The molecule has 4 rings (SSSR count). The van der Waals surface area contributed by atoms with Gasteiger partial charge in [0.25, 0.3) is 5.92 Å². The third-order valence-electron chi connectivity index (χ3n) is 5.03. The Balaban J connectivity index is 1.86. The molecule has 0 N–H and O–H groups in total. The van der Waals surface area contributed by atoms with Gasteiger partial charge in [0, 0.05) is 17.5 Å². The van der Waals surface area contributed by atoms with Crippen LogP contribution in [0.15, 0.2) is 48.5 Å². The van der Waals surface area contributed by atoms with Gasteiger partial charge in [-0.1, -0.05) is 47.7 Å². The van der Waals surface area contributed by atoms with E-state index in [0.29, 0.717) is 16.7 Å². The SMILES string of the molecule is Cc1ccc(C#Cc2ccc3c(c2F)C(F)(F)Cc2c-3ccc(C)c2F)cc1. The Hall–Kier alpha value is -3.06. The zero-order valence-electron chi connectivity index (χ0n) is 15.3. The number of hydrogen-bond acceptors (Lipinski definition) is 0. The molecular weight excluding hydrogens is 364 g/mol. The highest BCUT2D eigenvalue weighted by Crippen LogP contribution is 2.47. The second kappa shape index (κ2) is 6.53. The van der Waals surface area contributed by atoms with Gasteiger partial charge in [-0.05, 0) is 48.7 Å². The minimum Gasteiger partial charge on any atom is -0.206 e. The molecule has 0 aromatic heterocycles.